The molecule has 0 aromatic heterocycles. The molecule has 0 heterocycles. The molecule has 0 saturated heterocycles. The Balaban J connectivity index is 1.87. The third-order valence-electron chi connectivity index (χ3n) is 3.33. The van der Waals surface area contributed by atoms with Crippen molar-refractivity contribution in [3.05, 3.63) is 58.1 Å². The number of halogens is 1. The van der Waals surface area contributed by atoms with Gasteiger partial charge in [0.25, 0.3) is 0 Å². The van der Waals surface area contributed by atoms with Gasteiger partial charge in [0.15, 0.2) is 0 Å². The maximum Gasteiger partial charge on any atom is 0.313 e. The average Bonchev–Trinajstić information content (AvgIpc) is 2.56. The van der Waals surface area contributed by atoms with Gasteiger partial charge in [-0.2, -0.15) is 0 Å². The van der Waals surface area contributed by atoms with E-state index in [1.807, 2.05) is 57.2 Å². The van der Waals surface area contributed by atoms with E-state index in [1.54, 1.807) is 6.07 Å². The number of hydrogen-bond acceptors (Lipinski definition) is 3. The summed E-state index contributed by atoms with van der Waals surface area (Å²) in [7, 11) is 0. The zero-order valence-corrected chi connectivity index (χ0v) is 16.0. The SMILES string of the molecule is Cc1ccc(NC(=O)C(=O)NCc2ccc(OC(C)C)cc2)c(Br)c1. The highest BCUT2D eigenvalue weighted by atomic mass is 79.9. The number of hydrogen-bond donors (Lipinski definition) is 2. The van der Waals surface area contributed by atoms with Crippen molar-refractivity contribution in [2.75, 3.05) is 5.32 Å². The lowest BCUT2D eigenvalue weighted by Gasteiger charge is -2.11. The van der Waals surface area contributed by atoms with Crippen LogP contribution in [0.25, 0.3) is 0 Å². The summed E-state index contributed by atoms with van der Waals surface area (Å²) in [5, 5.41) is 5.19. The van der Waals surface area contributed by atoms with Crippen molar-refractivity contribution in [2.24, 2.45) is 0 Å². The van der Waals surface area contributed by atoms with Gasteiger partial charge in [-0.3, -0.25) is 9.59 Å². The predicted molar refractivity (Wildman–Crippen MR) is 102 cm³/mol. The topological polar surface area (TPSA) is 67.4 Å². The van der Waals surface area contributed by atoms with Crippen molar-refractivity contribution in [3.8, 4) is 5.75 Å². The highest BCUT2D eigenvalue weighted by Crippen LogP contribution is 2.23. The fraction of sp³-hybridized carbons (Fsp3) is 0.263. The highest BCUT2D eigenvalue weighted by molar-refractivity contribution is 9.10. The van der Waals surface area contributed by atoms with Crippen molar-refractivity contribution in [2.45, 2.75) is 33.4 Å². The highest BCUT2D eigenvalue weighted by Gasteiger charge is 2.14. The Bertz CT molecular complexity index is 758. The van der Waals surface area contributed by atoms with Crippen LogP contribution in [0.4, 0.5) is 5.69 Å². The molecular formula is C19H21BrN2O3. The second kappa shape index (κ2) is 8.67. The minimum atomic E-state index is -0.704. The first-order chi connectivity index (χ1) is 11.8. The standard InChI is InChI=1S/C19H21BrN2O3/c1-12(2)25-15-7-5-14(6-8-15)11-21-18(23)19(24)22-17-9-4-13(3)10-16(17)20/h4-10,12H,11H2,1-3H3,(H,21,23)(H,22,24). The van der Waals surface area contributed by atoms with Crippen LogP contribution in [-0.2, 0) is 16.1 Å². The maximum absolute atomic E-state index is 12.0. The van der Waals surface area contributed by atoms with Crippen LogP contribution in [0.5, 0.6) is 5.75 Å². The number of anilines is 1. The van der Waals surface area contributed by atoms with E-state index in [0.29, 0.717) is 5.69 Å². The molecule has 0 atom stereocenters. The van der Waals surface area contributed by atoms with Crippen molar-refractivity contribution in [1.29, 1.82) is 0 Å². The molecule has 0 aliphatic carbocycles. The Hall–Kier alpha value is -2.34. The van der Waals surface area contributed by atoms with Gasteiger partial charge in [0.1, 0.15) is 5.75 Å². The molecule has 0 saturated carbocycles. The summed E-state index contributed by atoms with van der Waals surface area (Å²) in [5.74, 6) is -0.619. The number of rotatable bonds is 5. The third-order valence-corrected chi connectivity index (χ3v) is 3.98. The van der Waals surface area contributed by atoms with E-state index in [-0.39, 0.29) is 12.6 Å². The van der Waals surface area contributed by atoms with Gasteiger partial charge in [-0.15, -0.1) is 0 Å². The second-order valence-corrected chi connectivity index (χ2v) is 6.78. The first kappa shape index (κ1) is 19.0. The minimum Gasteiger partial charge on any atom is -0.491 e. The molecule has 0 bridgehead atoms. The second-order valence-electron chi connectivity index (χ2n) is 5.93. The van der Waals surface area contributed by atoms with Crippen molar-refractivity contribution in [1.82, 2.24) is 5.32 Å². The van der Waals surface area contributed by atoms with E-state index in [1.165, 1.54) is 0 Å². The number of benzene rings is 2. The summed E-state index contributed by atoms with van der Waals surface area (Å²) in [5.41, 5.74) is 2.49. The van der Waals surface area contributed by atoms with Gasteiger partial charge in [0.2, 0.25) is 0 Å². The van der Waals surface area contributed by atoms with Gasteiger partial charge in [0.05, 0.1) is 11.8 Å². The van der Waals surface area contributed by atoms with E-state index in [0.717, 1.165) is 21.3 Å². The lowest BCUT2D eigenvalue weighted by molar-refractivity contribution is -0.136. The van der Waals surface area contributed by atoms with Gasteiger partial charge >= 0.3 is 11.8 Å². The zero-order valence-electron chi connectivity index (χ0n) is 14.4. The van der Waals surface area contributed by atoms with E-state index >= 15 is 0 Å². The zero-order chi connectivity index (χ0) is 18.4. The molecule has 25 heavy (non-hydrogen) atoms. The Labute approximate surface area is 155 Å². The van der Waals surface area contributed by atoms with E-state index in [4.69, 9.17) is 4.74 Å². The molecule has 2 aromatic carbocycles. The number of carbonyl (C=O) groups excluding carboxylic acids is 2. The molecule has 0 radical (unpaired) electrons. The Morgan fingerprint density at radius 1 is 1.08 bits per heavy atom. The molecule has 132 valence electrons. The van der Waals surface area contributed by atoms with Crippen LogP contribution in [0, 0.1) is 6.92 Å². The number of carbonyl (C=O) groups is 2. The summed E-state index contributed by atoms with van der Waals surface area (Å²) in [6.45, 7) is 6.13. The van der Waals surface area contributed by atoms with Crippen LogP contribution in [0.2, 0.25) is 0 Å². The summed E-state index contributed by atoms with van der Waals surface area (Å²) in [6, 6.07) is 12.9. The van der Waals surface area contributed by atoms with Gasteiger partial charge in [-0.1, -0.05) is 18.2 Å². The van der Waals surface area contributed by atoms with Gasteiger partial charge in [0, 0.05) is 11.0 Å². The molecule has 2 aromatic rings. The number of aryl methyl sites for hydroxylation is 1. The molecule has 0 unspecified atom stereocenters. The minimum absolute atomic E-state index is 0.107. The normalized spacial score (nSPS) is 10.4. The van der Waals surface area contributed by atoms with E-state index in [9.17, 15) is 9.59 Å². The Kier molecular flexibility index (Phi) is 6.58. The Morgan fingerprint density at radius 3 is 2.36 bits per heavy atom. The molecule has 5 nitrogen and oxygen atoms in total. The summed E-state index contributed by atoms with van der Waals surface area (Å²) in [4.78, 5) is 23.9. The lowest BCUT2D eigenvalue weighted by atomic mass is 10.2. The number of amides is 2. The summed E-state index contributed by atoms with van der Waals surface area (Å²) >= 11 is 3.37. The molecule has 0 spiro atoms. The molecule has 0 aliphatic heterocycles. The van der Waals surface area contributed by atoms with Gasteiger partial charge in [-0.25, -0.2) is 0 Å². The number of ether oxygens (including phenoxy) is 1. The molecule has 2 N–H and O–H groups in total. The smallest absolute Gasteiger partial charge is 0.313 e. The first-order valence-electron chi connectivity index (χ1n) is 7.96. The quantitative estimate of drug-likeness (QED) is 0.744. The van der Waals surface area contributed by atoms with E-state index in [2.05, 4.69) is 26.6 Å². The van der Waals surface area contributed by atoms with Crippen LogP contribution in [0.3, 0.4) is 0 Å². The van der Waals surface area contributed by atoms with Crippen molar-refractivity contribution in [3.63, 3.8) is 0 Å². The third kappa shape index (κ3) is 5.90. The fourth-order valence-corrected chi connectivity index (χ4v) is 2.71. The molecule has 2 rings (SSSR count). The lowest BCUT2D eigenvalue weighted by Crippen LogP contribution is -2.35. The van der Waals surface area contributed by atoms with Crippen LogP contribution < -0.4 is 15.4 Å². The fourth-order valence-electron chi connectivity index (χ4n) is 2.12. The average molecular weight is 405 g/mol. The molecule has 0 fully saturated rings. The van der Waals surface area contributed by atoms with Crippen LogP contribution >= 0.6 is 15.9 Å². The maximum atomic E-state index is 12.0. The number of nitrogens with one attached hydrogen (secondary N) is 2. The first-order valence-corrected chi connectivity index (χ1v) is 8.75. The molecule has 2 amide bonds. The van der Waals surface area contributed by atoms with Crippen molar-refractivity contribution < 1.29 is 14.3 Å². The predicted octanol–water partition coefficient (Wildman–Crippen LogP) is 3.80. The van der Waals surface area contributed by atoms with Crippen LogP contribution in [-0.4, -0.2) is 17.9 Å². The monoisotopic (exact) mass is 404 g/mol. The summed E-state index contributed by atoms with van der Waals surface area (Å²) < 4.78 is 6.29. The van der Waals surface area contributed by atoms with Gasteiger partial charge < -0.3 is 15.4 Å². The van der Waals surface area contributed by atoms with Crippen LogP contribution in [0.1, 0.15) is 25.0 Å². The Morgan fingerprint density at radius 2 is 1.76 bits per heavy atom. The molecule has 6 heteroatoms. The summed E-state index contributed by atoms with van der Waals surface area (Å²) in [6.07, 6.45) is 0.107. The van der Waals surface area contributed by atoms with Crippen molar-refractivity contribution >= 4 is 33.4 Å². The van der Waals surface area contributed by atoms with Crippen LogP contribution in [0.15, 0.2) is 46.9 Å². The van der Waals surface area contributed by atoms with Gasteiger partial charge in [-0.05, 0) is 72.1 Å². The largest absolute Gasteiger partial charge is 0.491 e. The van der Waals surface area contributed by atoms with E-state index < -0.39 is 11.8 Å². The molecule has 0 aliphatic rings. The molecular weight excluding hydrogens is 384 g/mol.